The van der Waals surface area contributed by atoms with Crippen LogP contribution in [-0.4, -0.2) is 19.8 Å². The summed E-state index contributed by atoms with van der Waals surface area (Å²) in [4.78, 5) is 5.14. The van der Waals surface area contributed by atoms with E-state index in [9.17, 15) is 0 Å². The predicted molar refractivity (Wildman–Crippen MR) is 110 cm³/mol. The summed E-state index contributed by atoms with van der Waals surface area (Å²) in [5.41, 5.74) is 14.2. The Morgan fingerprint density at radius 3 is 1.08 bits per heavy atom. The average molecular weight is 337 g/mol. The molecule has 25 heavy (non-hydrogen) atoms. The van der Waals surface area contributed by atoms with Crippen molar-refractivity contribution in [3.8, 4) is 0 Å². The molecule has 0 spiro atoms. The molecule has 0 radical (unpaired) electrons. The Hall–Kier alpha value is -1.96. The molecule has 2 nitrogen and oxygen atoms in total. The molecule has 0 aliphatic carbocycles. The van der Waals surface area contributed by atoms with Gasteiger partial charge in [-0.2, -0.15) is 0 Å². The molecule has 0 N–H and O–H groups in total. The minimum absolute atomic E-state index is 0.981. The molecule has 0 atom stereocenters. The van der Waals surface area contributed by atoms with E-state index in [0.29, 0.717) is 0 Å². The highest BCUT2D eigenvalue weighted by Gasteiger charge is 2.26. The molecule has 0 bridgehead atoms. The fraction of sp³-hybridized carbons (Fsp3) is 0.478. The van der Waals surface area contributed by atoms with Gasteiger partial charge in [0.1, 0.15) is 0 Å². The Labute approximate surface area is 153 Å². The van der Waals surface area contributed by atoms with E-state index in [2.05, 4.69) is 77.3 Å². The predicted octanol–water partition coefficient (Wildman–Crippen LogP) is 5.44. The summed E-state index contributed by atoms with van der Waals surface area (Å²) >= 11 is 0. The van der Waals surface area contributed by atoms with Crippen molar-refractivity contribution in [3.63, 3.8) is 0 Å². The van der Waals surface area contributed by atoms with E-state index in [1.807, 2.05) is 0 Å². The molecule has 2 heteroatoms. The molecule has 3 rings (SSSR count). The molecule has 1 heterocycles. The Kier molecular flexibility index (Phi) is 4.57. The third kappa shape index (κ3) is 2.92. The number of nitrogens with zero attached hydrogens (tertiary/aromatic N) is 2. The zero-order chi connectivity index (χ0) is 18.5. The fourth-order valence-corrected chi connectivity index (χ4v) is 4.29. The lowest BCUT2D eigenvalue weighted by atomic mass is 9.98. The van der Waals surface area contributed by atoms with Crippen LogP contribution in [0.3, 0.4) is 0 Å². The molecule has 0 amide bonds. The number of anilines is 2. The van der Waals surface area contributed by atoms with Gasteiger partial charge < -0.3 is 9.80 Å². The summed E-state index contributed by atoms with van der Waals surface area (Å²) < 4.78 is 0. The zero-order valence-corrected chi connectivity index (χ0v) is 17.2. The van der Waals surface area contributed by atoms with Gasteiger partial charge in [0.05, 0.1) is 6.67 Å². The maximum atomic E-state index is 2.57. The molecule has 0 saturated carbocycles. The summed E-state index contributed by atoms with van der Waals surface area (Å²) in [5, 5.41) is 0. The molecular weight excluding hydrogens is 304 g/mol. The second-order valence-corrected chi connectivity index (χ2v) is 7.89. The van der Waals surface area contributed by atoms with Crippen molar-refractivity contribution in [2.75, 3.05) is 29.6 Å². The van der Waals surface area contributed by atoms with E-state index in [1.165, 1.54) is 55.9 Å². The van der Waals surface area contributed by atoms with Gasteiger partial charge in [-0.05, 0) is 99.9 Å². The number of hydrogen-bond acceptors (Lipinski definition) is 2. The first-order valence-corrected chi connectivity index (χ1v) is 9.37. The molecule has 1 fully saturated rings. The minimum Gasteiger partial charge on any atom is -0.352 e. The molecule has 0 unspecified atom stereocenters. The highest BCUT2D eigenvalue weighted by molar-refractivity contribution is 5.69. The molecule has 1 aliphatic heterocycles. The first kappa shape index (κ1) is 17.8. The number of benzene rings is 2. The van der Waals surface area contributed by atoms with Crippen LogP contribution in [0.1, 0.15) is 44.5 Å². The highest BCUT2D eigenvalue weighted by atomic mass is 15.4. The molecule has 1 saturated heterocycles. The molecule has 2 aromatic rings. The monoisotopic (exact) mass is 336 g/mol. The number of aryl methyl sites for hydroxylation is 4. The Balaban J connectivity index is 2.00. The van der Waals surface area contributed by atoms with Crippen LogP contribution in [-0.2, 0) is 0 Å². The van der Waals surface area contributed by atoms with Crippen LogP contribution in [0.4, 0.5) is 11.4 Å². The molecule has 134 valence electrons. The van der Waals surface area contributed by atoms with E-state index in [0.717, 1.165) is 19.8 Å². The normalized spacial score (nSPS) is 14.6. The van der Waals surface area contributed by atoms with Gasteiger partial charge in [0.2, 0.25) is 0 Å². The van der Waals surface area contributed by atoms with Gasteiger partial charge in [-0.25, -0.2) is 0 Å². The number of hydrogen-bond donors (Lipinski definition) is 0. The van der Waals surface area contributed by atoms with Gasteiger partial charge in [-0.3, -0.25) is 0 Å². The van der Waals surface area contributed by atoms with Crippen LogP contribution in [0.15, 0.2) is 12.1 Å². The van der Waals surface area contributed by atoms with Crippen molar-refractivity contribution >= 4 is 11.4 Å². The van der Waals surface area contributed by atoms with Crippen LogP contribution in [0.2, 0.25) is 0 Å². The minimum atomic E-state index is 0.981. The van der Waals surface area contributed by atoms with Crippen LogP contribution in [0.25, 0.3) is 0 Å². The second kappa shape index (κ2) is 6.40. The first-order chi connectivity index (χ1) is 11.7. The summed E-state index contributed by atoms with van der Waals surface area (Å²) in [7, 11) is 0. The first-order valence-electron chi connectivity index (χ1n) is 9.37. The van der Waals surface area contributed by atoms with Crippen molar-refractivity contribution in [3.05, 3.63) is 56.6 Å². The number of rotatable bonds is 2. The van der Waals surface area contributed by atoms with Gasteiger partial charge in [0.15, 0.2) is 0 Å². The third-order valence-electron chi connectivity index (χ3n) is 6.27. The van der Waals surface area contributed by atoms with E-state index in [1.54, 1.807) is 0 Å². The zero-order valence-electron chi connectivity index (χ0n) is 17.2. The third-order valence-corrected chi connectivity index (χ3v) is 6.27. The maximum absolute atomic E-state index is 2.57. The lowest BCUT2D eigenvalue weighted by Gasteiger charge is -2.28. The van der Waals surface area contributed by atoms with Crippen LogP contribution < -0.4 is 9.80 Å². The molecule has 0 aromatic heterocycles. The summed E-state index contributed by atoms with van der Waals surface area (Å²) in [6, 6.07) is 4.64. The molecule has 2 aromatic carbocycles. The lowest BCUT2D eigenvalue weighted by molar-refractivity contribution is 0.925. The molecule has 1 aliphatic rings. The van der Waals surface area contributed by atoms with Crippen molar-refractivity contribution < 1.29 is 0 Å². The van der Waals surface area contributed by atoms with Crippen molar-refractivity contribution in [2.45, 2.75) is 55.4 Å². The second-order valence-electron chi connectivity index (χ2n) is 7.89. The van der Waals surface area contributed by atoms with Crippen molar-refractivity contribution in [1.29, 1.82) is 0 Å². The quantitative estimate of drug-likeness (QED) is 0.720. The smallest absolute Gasteiger partial charge is 0.0904 e. The Morgan fingerprint density at radius 1 is 0.520 bits per heavy atom. The van der Waals surface area contributed by atoms with E-state index in [4.69, 9.17) is 0 Å². The molecular formula is C23H32N2. The summed E-state index contributed by atoms with van der Waals surface area (Å²) in [5.74, 6) is 0. The lowest BCUT2D eigenvalue weighted by Crippen LogP contribution is -2.27. The summed E-state index contributed by atoms with van der Waals surface area (Å²) in [6.45, 7) is 21.2. The van der Waals surface area contributed by atoms with Gasteiger partial charge in [0.25, 0.3) is 0 Å². The van der Waals surface area contributed by atoms with Gasteiger partial charge in [-0.15, -0.1) is 0 Å². The fourth-order valence-electron chi connectivity index (χ4n) is 4.29. The van der Waals surface area contributed by atoms with Crippen molar-refractivity contribution in [2.24, 2.45) is 0 Å². The van der Waals surface area contributed by atoms with Gasteiger partial charge in [-0.1, -0.05) is 12.1 Å². The van der Waals surface area contributed by atoms with Gasteiger partial charge in [0, 0.05) is 24.5 Å². The standard InChI is InChI=1S/C23H32N2/c1-14-11-15(2)19(6)22(18(14)5)24-9-10-25(13-24)23-20(7)16(3)12-17(4)21(23)8/h11-12H,9-10,13H2,1-8H3. The van der Waals surface area contributed by atoms with Crippen LogP contribution in [0.5, 0.6) is 0 Å². The Bertz CT molecular complexity index is 711. The van der Waals surface area contributed by atoms with Crippen LogP contribution in [0, 0.1) is 55.4 Å². The van der Waals surface area contributed by atoms with E-state index in [-0.39, 0.29) is 0 Å². The highest BCUT2D eigenvalue weighted by Crippen LogP contribution is 2.36. The topological polar surface area (TPSA) is 6.48 Å². The van der Waals surface area contributed by atoms with Gasteiger partial charge >= 0.3 is 0 Å². The largest absolute Gasteiger partial charge is 0.352 e. The van der Waals surface area contributed by atoms with Crippen LogP contribution >= 0.6 is 0 Å². The SMILES string of the molecule is Cc1cc(C)c(C)c(N2CCN(c3c(C)c(C)cc(C)c3C)C2)c1C. The van der Waals surface area contributed by atoms with Crippen molar-refractivity contribution in [1.82, 2.24) is 0 Å². The summed E-state index contributed by atoms with van der Waals surface area (Å²) in [6.07, 6.45) is 0. The average Bonchev–Trinajstić information content (AvgIpc) is 3.01. The van der Waals surface area contributed by atoms with E-state index >= 15 is 0 Å². The Morgan fingerprint density at radius 2 is 0.800 bits per heavy atom. The maximum Gasteiger partial charge on any atom is 0.0904 e. The van der Waals surface area contributed by atoms with E-state index < -0.39 is 0 Å².